The summed E-state index contributed by atoms with van der Waals surface area (Å²) >= 11 is 2.01. The topological polar surface area (TPSA) is 21.3 Å². The van der Waals surface area contributed by atoms with E-state index in [1.807, 2.05) is 11.8 Å². The molecule has 0 aromatic heterocycles. The Morgan fingerprint density at radius 1 is 1.32 bits per heavy atom. The van der Waals surface area contributed by atoms with Crippen LogP contribution in [0.25, 0.3) is 0 Å². The van der Waals surface area contributed by atoms with Crippen LogP contribution in [0.5, 0.6) is 0 Å². The Kier molecular flexibility index (Phi) is 4.46. The van der Waals surface area contributed by atoms with Crippen LogP contribution in [0.4, 0.5) is 0 Å². The Bertz CT molecular complexity index is 413. The average molecular weight is 277 g/mol. The van der Waals surface area contributed by atoms with Gasteiger partial charge in [0.25, 0.3) is 0 Å². The first kappa shape index (κ1) is 13.5. The molecule has 2 aliphatic rings. The Hall–Kier alpha value is -0.510. The fourth-order valence-electron chi connectivity index (χ4n) is 3.13. The molecular formula is C16H23NOS. The standard InChI is InChI=1S/C16H23NOS/c1-17-16(15-11-19-10-9-18-15)14-8-3-2-7-13(14)12-5-4-6-12/h2-3,7-8,12,15-17H,4-6,9-11H2,1H3. The van der Waals surface area contributed by atoms with Gasteiger partial charge >= 0.3 is 0 Å². The molecule has 2 unspecified atom stereocenters. The van der Waals surface area contributed by atoms with Gasteiger partial charge in [0.15, 0.2) is 0 Å². The van der Waals surface area contributed by atoms with Crippen LogP contribution in [0.15, 0.2) is 24.3 Å². The Labute approximate surface area is 120 Å². The predicted octanol–water partition coefficient (Wildman–Crippen LogP) is 3.35. The fraction of sp³-hybridized carbons (Fsp3) is 0.625. The lowest BCUT2D eigenvalue weighted by atomic mass is 9.76. The summed E-state index contributed by atoms with van der Waals surface area (Å²) in [6.07, 6.45) is 4.41. The Balaban J connectivity index is 1.85. The molecule has 1 saturated heterocycles. The van der Waals surface area contributed by atoms with Crippen molar-refractivity contribution in [3.05, 3.63) is 35.4 Å². The van der Waals surface area contributed by atoms with Gasteiger partial charge < -0.3 is 10.1 Å². The summed E-state index contributed by atoms with van der Waals surface area (Å²) in [5.74, 6) is 3.02. The average Bonchev–Trinajstić information content (AvgIpc) is 2.41. The summed E-state index contributed by atoms with van der Waals surface area (Å²) < 4.78 is 5.99. The first-order valence-corrected chi connectivity index (χ1v) is 8.51. The third-order valence-corrected chi connectivity index (χ3v) is 5.42. The quantitative estimate of drug-likeness (QED) is 0.912. The molecule has 1 aromatic carbocycles. The Morgan fingerprint density at radius 2 is 2.16 bits per heavy atom. The molecule has 3 rings (SSSR count). The molecule has 19 heavy (non-hydrogen) atoms. The number of hydrogen-bond donors (Lipinski definition) is 1. The predicted molar refractivity (Wildman–Crippen MR) is 81.9 cm³/mol. The van der Waals surface area contributed by atoms with E-state index >= 15 is 0 Å². The fourth-order valence-corrected chi connectivity index (χ4v) is 4.03. The second-order valence-electron chi connectivity index (χ2n) is 5.51. The summed E-state index contributed by atoms with van der Waals surface area (Å²) in [5, 5.41) is 3.49. The molecule has 0 bridgehead atoms. The zero-order chi connectivity index (χ0) is 13.1. The third kappa shape index (κ3) is 2.83. The second kappa shape index (κ2) is 6.29. The van der Waals surface area contributed by atoms with E-state index in [4.69, 9.17) is 4.74 Å². The van der Waals surface area contributed by atoms with E-state index in [1.54, 1.807) is 5.56 Å². The van der Waals surface area contributed by atoms with Crippen molar-refractivity contribution in [2.45, 2.75) is 37.3 Å². The number of ether oxygens (including phenoxy) is 1. The lowest BCUT2D eigenvalue weighted by molar-refractivity contribution is 0.0484. The molecule has 0 radical (unpaired) electrons. The monoisotopic (exact) mass is 277 g/mol. The van der Waals surface area contributed by atoms with Crippen molar-refractivity contribution in [3.8, 4) is 0 Å². The van der Waals surface area contributed by atoms with E-state index in [2.05, 4.69) is 36.6 Å². The molecule has 1 aliphatic heterocycles. The minimum atomic E-state index is 0.310. The molecule has 1 heterocycles. The van der Waals surface area contributed by atoms with E-state index in [1.165, 1.54) is 24.8 Å². The SMILES string of the molecule is CNC(c1ccccc1C1CCC1)C1CSCCO1. The van der Waals surface area contributed by atoms with Gasteiger partial charge in [-0.1, -0.05) is 30.7 Å². The Morgan fingerprint density at radius 3 is 2.79 bits per heavy atom. The van der Waals surface area contributed by atoms with Gasteiger partial charge in [0, 0.05) is 11.5 Å². The summed E-state index contributed by atoms with van der Waals surface area (Å²) in [6, 6.07) is 9.29. The molecular weight excluding hydrogens is 254 g/mol. The first-order chi connectivity index (χ1) is 9.40. The van der Waals surface area contributed by atoms with Crippen molar-refractivity contribution in [2.24, 2.45) is 0 Å². The van der Waals surface area contributed by atoms with E-state index in [-0.39, 0.29) is 0 Å². The molecule has 1 N–H and O–H groups in total. The normalized spacial score (nSPS) is 25.8. The van der Waals surface area contributed by atoms with Crippen LogP contribution in [-0.2, 0) is 4.74 Å². The maximum atomic E-state index is 5.99. The van der Waals surface area contributed by atoms with Crippen LogP contribution < -0.4 is 5.32 Å². The largest absolute Gasteiger partial charge is 0.375 e. The highest BCUT2D eigenvalue weighted by Crippen LogP contribution is 2.40. The molecule has 2 fully saturated rings. The van der Waals surface area contributed by atoms with Crippen molar-refractivity contribution in [1.82, 2.24) is 5.32 Å². The van der Waals surface area contributed by atoms with Gasteiger partial charge in [-0.2, -0.15) is 11.8 Å². The molecule has 0 spiro atoms. The van der Waals surface area contributed by atoms with Crippen LogP contribution >= 0.6 is 11.8 Å². The van der Waals surface area contributed by atoms with Gasteiger partial charge in [-0.3, -0.25) is 0 Å². The summed E-state index contributed by atoms with van der Waals surface area (Å²) in [6.45, 7) is 0.888. The van der Waals surface area contributed by atoms with Crippen LogP contribution in [-0.4, -0.2) is 31.3 Å². The minimum absolute atomic E-state index is 0.310. The van der Waals surface area contributed by atoms with Gasteiger partial charge in [-0.15, -0.1) is 0 Å². The van der Waals surface area contributed by atoms with Crippen LogP contribution in [0.1, 0.15) is 42.3 Å². The first-order valence-electron chi connectivity index (χ1n) is 7.35. The maximum absolute atomic E-state index is 5.99. The smallest absolute Gasteiger partial charge is 0.0860 e. The second-order valence-corrected chi connectivity index (χ2v) is 6.66. The van der Waals surface area contributed by atoms with Gasteiger partial charge in [-0.25, -0.2) is 0 Å². The molecule has 2 atom stereocenters. The van der Waals surface area contributed by atoms with E-state index in [0.717, 1.165) is 24.0 Å². The summed E-state index contributed by atoms with van der Waals surface area (Å²) in [4.78, 5) is 0. The van der Waals surface area contributed by atoms with Crippen molar-refractivity contribution in [3.63, 3.8) is 0 Å². The van der Waals surface area contributed by atoms with Gasteiger partial charge in [0.2, 0.25) is 0 Å². The van der Waals surface area contributed by atoms with E-state index in [9.17, 15) is 0 Å². The van der Waals surface area contributed by atoms with Crippen LogP contribution in [0.2, 0.25) is 0 Å². The van der Waals surface area contributed by atoms with Crippen molar-refractivity contribution >= 4 is 11.8 Å². The number of benzene rings is 1. The summed E-state index contributed by atoms with van der Waals surface area (Å²) in [7, 11) is 2.06. The molecule has 2 nitrogen and oxygen atoms in total. The van der Waals surface area contributed by atoms with E-state index in [0.29, 0.717) is 12.1 Å². The number of nitrogens with one attached hydrogen (secondary N) is 1. The van der Waals surface area contributed by atoms with Crippen molar-refractivity contribution < 1.29 is 4.74 Å². The molecule has 1 aliphatic carbocycles. The molecule has 1 aromatic rings. The third-order valence-electron chi connectivity index (χ3n) is 4.40. The van der Waals surface area contributed by atoms with Crippen LogP contribution in [0, 0.1) is 0 Å². The van der Waals surface area contributed by atoms with E-state index < -0.39 is 0 Å². The number of hydrogen-bond acceptors (Lipinski definition) is 3. The van der Waals surface area contributed by atoms with Crippen molar-refractivity contribution in [2.75, 3.05) is 25.2 Å². The zero-order valence-electron chi connectivity index (χ0n) is 11.6. The highest BCUT2D eigenvalue weighted by molar-refractivity contribution is 7.99. The number of likely N-dealkylation sites (N-methyl/N-ethyl adjacent to an activating group) is 1. The maximum Gasteiger partial charge on any atom is 0.0860 e. The van der Waals surface area contributed by atoms with Crippen molar-refractivity contribution in [1.29, 1.82) is 0 Å². The molecule has 3 heteroatoms. The number of rotatable bonds is 4. The lowest BCUT2D eigenvalue weighted by Gasteiger charge is -2.34. The zero-order valence-corrected chi connectivity index (χ0v) is 12.4. The highest BCUT2D eigenvalue weighted by atomic mass is 32.2. The molecule has 104 valence electrons. The highest BCUT2D eigenvalue weighted by Gasteiger charge is 2.30. The van der Waals surface area contributed by atoms with Gasteiger partial charge in [0.05, 0.1) is 18.8 Å². The van der Waals surface area contributed by atoms with Gasteiger partial charge in [-0.05, 0) is 36.9 Å². The lowest BCUT2D eigenvalue weighted by Crippen LogP contribution is -2.37. The number of thioether (sulfide) groups is 1. The summed E-state index contributed by atoms with van der Waals surface area (Å²) in [5.41, 5.74) is 3.01. The van der Waals surface area contributed by atoms with Gasteiger partial charge in [0.1, 0.15) is 0 Å². The molecule has 0 amide bonds. The van der Waals surface area contributed by atoms with Crippen LogP contribution in [0.3, 0.4) is 0 Å². The molecule has 1 saturated carbocycles. The minimum Gasteiger partial charge on any atom is -0.375 e.